The number of nitrogens with one attached hydrogen (secondary N) is 1. The van der Waals surface area contributed by atoms with Crippen LogP contribution in [-0.4, -0.2) is 83.9 Å². The molecule has 2 fully saturated rings. The summed E-state index contributed by atoms with van der Waals surface area (Å²) in [5, 5.41) is 3.71. The van der Waals surface area contributed by atoms with Crippen molar-refractivity contribution < 1.29 is 27.4 Å². The van der Waals surface area contributed by atoms with Crippen LogP contribution in [0.3, 0.4) is 0 Å². The highest BCUT2D eigenvalue weighted by atomic mass is 19.4. The number of rotatable bonds is 8. The fourth-order valence-corrected chi connectivity index (χ4v) is 5.41. The SMILES string of the molecule is CC(C)OC1CCN(c2ccc3c(C(=O)NCC(c4cnc(C(F)(F)F)nc4)N4CCOCC4)cccc3n2)CC1. The van der Waals surface area contributed by atoms with Crippen molar-refractivity contribution in [3.05, 3.63) is 59.7 Å². The highest BCUT2D eigenvalue weighted by Gasteiger charge is 2.35. The van der Waals surface area contributed by atoms with E-state index >= 15 is 0 Å². The second-order valence-electron chi connectivity index (χ2n) is 10.6. The van der Waals surface area contributed by atoms with Crippen LogP contribution < -0.4 is 10.2 Å². The first-order valence-corrected chi connectivity index (χ1v) is 14.0. The molecule has 0 aliphatic carbocycles. The van der Waals surface area contributed by atoms with Crippen LogP contribution >= 0.6 is 0 Å². The molecule has 0 saturated carbocycles. The molecule has 0 radical (unpaired) electrons. The van der Waals surface area contributed by atoms with Gasteiger partial charge in [-0.25, -0.2) is 15.0 Å². The zero-order chi connectivity index (χ0) is 29.0. The number of halogens is 3. The minimum atomic E-state index is -4.62. The number of carbonyl (C=O) groups is 1. The maximum atomic E-state index is 13.4. The summed E-state index contributed by atoms with van der Waals surface area (Å²) in [6.45, 7) is 8.11. The van der Waals surface area contributed by atoms with Gasteiger partial charge in [0.1, 0.15) is 5.82 Å². The number of hydrogen-bond donors (Lipinski definition) is 1. The fourth-order valence-electron chi connectivity index (χ4n) is 5.41. The molecule has 2 saturated heterocycles. The molecule has 1 unspecified atom stereocenters. The molecule has 1 atom stereocenters. The number of fused-ring (bicyclic) bond motifs is 1. The van der Waals surface area contributed by atoms with Crippen LogP contribution in [0.2, 0.25) is 0 Å². The predicted molar refractivity (Wildman–Crippen MR) is 148 cm³/mol. The molecule has 41 heavy (non-hydrogen) atoms. The van der Waals surface area contributed by atoms with E-state index in [9.17, 15) is 18.0 Å². The normalized spacial score (nSPS) is 18.1. The number of piperidine rings is 1. The number of anilines is 1. The maximum absolute atomic E-state index is 13.4. The van der Waals surface area contributed by atoms with Crippen LogP contribution in [0.25, 0.3) is 10.9 Å². The molecule has 2 aromatic heterocycles. The molecule has 4 heterocycles. The monoisotopic (exact) mass is 572 g/mol. The van der Waals surface area contributed by atoms with Gasteiger partial charge in [-0.05, 0) is 51.0 Å². The van der Waals surface area contributed by atoms with E-state index in [2.05, 4.69) is 38.9 Å². The molecule has 3 aromatic rings. The maximum Gasteiger partial charge on any atom is 0.451 e. The summed E-state index contributed by atoms with van der Waals surface area (Å²) in [5.74, 6) is -0.613. The summed E-state index contributed by atoms with van der Waals surface area (Å²) in [5.41, 5.74) is 1.69. The first kappa shape index (κ1) is 29.2. The lowest BCUT2D eigenvalue weighted by atomic mass is 10.1. The highest BCUT2D eigenvalue weighted by Crippen LogP contribution is 2.28. The van der Waals surface area contributed by atoms with E-state index in [0.29, 0.717) is 37.4 Å². The Labute approximate surface area is 237 Å². The Bertz CT molecular complexity index is 1320. The number of amides is 1. The lowest BCUT2D eigenvalue weighted by Crippen LogP contribution is -2.44. The third-order valence-corrected chi connectivity index (χ3v) is 7.44. The Morgan fingerprint density at radius 2 is 1.78 bits per heavy atom. The van der Waals surface area contributed by atoms with Gasteiger partial charge < -0.3 is 19.7 Å². The van der Waals surface area contributed by atoms with Crippen LogP contribution in [0.4, 0.5) is 19.0 Å². The van der Waals surface area contributed by atoms with Gasteiger partial charge in [0.05, 0.1) is 37.0 Å². The summed E-state index contributed by atoms with van der Waals surface area (Å²) in [6.07, 6.45) is 0.0948. The van der Waals surface area contributed by atoms with Crippen molar-refractivity contribution in [2.24, 2.45) is 0 Å². The van der Waals surface area contributed by atoms with E-state index in [1.165, 1.54) is 12.4 Å². The zero-order valence-electron chi connectivity index (χ0n) is 23.2. The second-order valence-corrected chi connectivity index (χ2v) is 10.6. The van der Waals surface area contributed by atoms with Crippen molar-refractivity contribution in [1.82, 2.24) is 25.2 Å². The third kappa shape index (κ3) is 7.11. The highest BCUT2D eigenvalue weighted by molar-refractivity contribution is 6.06. The largest absolute Gasteiger partial charge is 0.451 e. The fraction of sp³-hybridized carbons (Fsp3) is 0.517. The summed E-state index contributed by atoms with van der Waals surface area (Å²) in [4.78, 5) is 29.6. The molecule has 2 aliphatic heterocycles. The topological polar surface area (TPSA) is 92.7 Å². The van der Waals surface area contributed by atoms with Gasteiger partial charge >= 0.3 is 6.18 Å². The van der Waals surface area contributed by atoms with Crippen molar-refractivity contribution >= 4 is 22.6 Å². The zero-order valence-corrected chi connectivity index (χ0v) is 23.2. The Balaban J connectivity index is 1.29. The molecule has 1 amide bonds. The van der Waals surface area contributed by atoms with Crippen LogP contribution in [-0.2, 0) is 15.7 Å². The van der Waals surface area contributed by atoms with E-state index in [4.69, 9.17) is 14.5 Å². The van der Waals surface area contributed by atoms with E-state index in [-0.39, 0.29) is 24.7 Å². The quantitative estimate of drug-likeness (QED) is 0.429. The van der Waals surface area contributed by atoms with Gasteiger partial charge in [0.2, 0.25) is 5.82 Å². The number of nitrogens with zero attached hydrogens (tertiary/aromatic N) is 5. The number of hydrogen-bond acceptors (Lipinski definition) is 8. The molecule has 0 spiro atoms. The van der Waals surface area contributed by atoms with Gasteiger partial charge in [0.25, 0.3) is 5.91 Å². The van der Waals surface area contributed by atoms with Crippen LogP contribution in [0.5, 0.6) is 0 Å². The Morgan fingerprint density at radius 1 is 1.07 bits per heavy atom. The average molecular weight is 573 g/mol. The van der Waals surface area contributed by atoms with Gasteiger partial charge in [-0.2, -0.15) is 13.2 Å². The van der Waals surface area contributed by atoms with E-state index < -0.39 is 18.0 Å². The van der Waals surface area contributed by atoms with Crippen molar-refractivity contribution in [2.75, 3.05) is 50.8 Å². The number of ether oxygens (including phenoxy) is 2. The molecule has 12 heteroatoms. The van der Waals surface area contributed by atoms with E-state index in [1.807, 2.05) is 18.2 Å². The Morgan fingerprint density at radius 3 is 2.44 bits per heavy atom. The van der Waals surface area contributed by atoms with Gasteiger partial charge in [0.15, 0.2) is 0 Å². The van der Waals surface area contributed by atoms with Crippen LogP contribution in [0.15, 0.2) is 42.7 Å². The molecule has 1 N–H and O–H groups in total. The predicted octanol–water partition coefficient (Wildman–Crippen LogP) is 4.24. The minimum absolute atomic E-state index is 0.169. The number of aromatic nitrogens is 3. The summed E-state index contributed by atoms with van der Waals surface area (Å²) < 4.78 is 50.4. The molecular weight excluding hydrogens is 537 g/mol. The molecule has 1 aromatic carbocycles. The molecule has 220 valence electrons. The lowest BCUT2D eigenvalue weighted by molar-refractivity contribution is -0.145. The van der Waals surface area contributed by atoms with Crippen LogP contribution in [0.1, 0.15) is 54.5 Å². The van der Waals surface area contributed by atoms with Gasteiger partial charge in [-0.3, -0.25) is 9.69 Å². The number of morpholine rings is 1. The van der Waals surface area contributed by atoms with E-state index in [0.717, 1.165) is 42.7 Å². The van der Waals surface area contributed by atoms with Gasteiger partial charge in [-0.1, -0.05) is 6.07 Å². The van der Waals surface area contributed by atoms with Crippen molar-refractivity contribution in [1.29, 1.82) is 0 Å². The lowest BCUT2D eigenvalue weighted by Gasteiger charge is -2.34. The van der Waals surface area contributed by atoms with Gasteiger partial charge in [-0.15, -0.1) is 0 Å². The Kier molecular flexibility index (Phi) is 9.00. The summed E-state index contributed by atoms with van der Waals surface area (Å²) in [7, 11) is 0. The summed E-state index contributed by atoms with van der Waals surface area (Å²) in [6, 6.07) is 8.90. The molecular formula is C29H35F3N6O3. The number of benzene rings is 1. The van der Waals surface area contributed by atoms with Crippen molar-refractivity contribution in [2.45, 2.75) is 51.1 Å². The van der Waals surface area contributed by atoms with Crippen LogP contribution in [0, 0.1) is 0 Å². The second kappa shape index (κ2) is 12.7. The van der Waals surface area contributed by atoms with Crippen molar-refractivity contribution in [3.8, 4) is 0 Å². The van der Waals surface area contributed by atoms with Crippen molar-refractivity contribution in [3.63, 3.8) is 0 Å². The first-order chi connectivity index (χ1) is 19.7. The first-order valence-electron chi connectivity index (χ1n) is 14.0. The van der Waals surface area contributed by atoms with Gasteiger partial charge in [0, 0.05) is 61.6 Å². The standard InChI is InChI=1S/C29H35F3N6O3/c1-19(2)41-21-8-10-38(11-9-21)26-7-6-22-23(4-3-5-24(22)36-26)27(39)33-18-25(37-12-14-40-15-13-37)20-16-34-28(35-17-20)29(30,31)32/h3-7,16-17,19,21,25H,8-15,18H2,1-2H3,(H,33,39). The molecule has 9 nitrogen and oxygen atoms in total. The number of alkyl halides is 3. The Hall–Kier alpha value is -3.35. The smallest absolute Gasteiger partial charge is 0.379 e. The molecule has 0 bridgehead atoms. The number of pyridine rings is 1. The third-order valence-electron chi connectivity index (χ3n) is 7.44. The molecule has 2 aliphatic rings. The minimum Gasteiger partial charge on any atom is -0.379 e. The molecule has 5 rings (SSSR count). The number of carbonyl (C=O) groups excluding carboxylic acids is 1. The van der Waals surface area contributed by atoms with E-state index in [1.54, 1.807) is 12.1 Å². The average Bonchev–Trinajstić information content (AvgIpc) is 2.97. The summed E-state index contributed by atoms with van der Waals surface area (Å²) >= 11 is 0.